The summed E-state index contributed by atoms with van der Waals surface area (Å²) < 4.78 is 19.5. The Balaban J connectivity index is 2.23. The molecule has 2 N–H and O–H groups in total. The molecule has 1 aromatic carbocycles. The van der Waals surface area contributed by atoms with Crippen molar-refractivity contribution in [2.45, 2.75) is 6.04 Å². The highest BCUT2D eigenvalue weighted by Gasteiger charge is 2.29. The second-order valence-corrected chi connectivity index (χ2v) is 4.13. The van der Waals surface area contributed by atoms with Gasteiger partial charge in [0, 0.05) is 5.56 Å². The summed E-state index contributed by atoms with van der Waals surface area (Å²) in [6.07, 6.45) is 0. The first-order valence-corrected chi connectivity index (χ1v) is 5.54. The van der Waals surface area contributed by atoms with E-state index in [1.54, 1.807) is 24.3 Å². The lowest BCUT2D eigenvalue weighted by Gasteiger charge is -2.14. The molecule has 2 heterocycles. The number of aromatic hydroxyl groups is 1. The number of aromatic nitrogens is 2. The van der Waals surface area contributed by atoms with E-state index in [0.29, 0.717) is 11.3 Å². The van der Waals surface area contributed by atoms with Gasteiger partial charge in [0.15, 0.2) is 0 Å². The van der Waals surface area contributed by atoms with Crippen molar-refractivity contribution in [1.29, 1.82) is 0 Å². The Morgan fingerprint density at radius 3 is 2.89 bits per heavy atom. The molecule has 1 aromatic heterocycles. The van der Waals surface area contributed by atoms with Crippen LogP contribution in [0.3, 0.4) is 0 Å². The lowest BCUT2D eigenvalue weighted by atomic mass is 10.1. The van der Waals surface area contributed by atoms with Crippen molar-refractivity contribution in [3.8, 4) is 11.6 Å². The molecule has 3 rings (SSSR count). The van der Waals surface area contributed by atoms with Gasteiger partial charge in [-0.05, 0) is 6.07 Å². The molecule has 0 saturated heterocycles. The molecule has 2 aromatic rings. The molecule has 19 heavy (non-hydrogen) atoms. The molecule has 1 aliphatic rings. The summed E-state index contributed by atoms with van der Waals surface area (Å²) in [4.78, 5) is 24.6. The Labute approximate surface area is 105 Å². The number of ether oxygens (including phenoxy) is 1. The number of hydrogen-bond acceptors (Lipinski definition) is 4. The normalized spacial score (nSPS) is 17.0. The van der Waals surface area contributed by atoms with Gasteiger partial charge in [-0.25, -0.2) is 4.79 Å². The number of para-hydroxylation sites is 1. The largest absolute Gasteiger partial charge is 0.492 e. The number of nitrogens with one attached hydrogen (secondary N) is 1. The van der Waals surface area contributed by atoms with Gasteiger partial charge in [0.1, 0.15) is 18.4 Å². The van der Waals surface area contributed by atoms with E-state index in [0.717, 1.165) is 4.57 Å². The lowest BCUT2D eigenvalue weighted by molar-refractivity contribution is 0.286. The zero-order chi connectivity index (χ0) is 13.6. The number of H-pyrrole nitrogens is 1. The van der Waals surface area contributed by atoms with Crippen LogP contribution in [0.25, 0.3) is 0 Å². The minimum atomic E-state index is -1.39. The summed E-state index contributed by atoms with van der Waals surface area (Å²) in [7, 11) is 0. The van der Waals surface area contributed by atoms with Crippen LogP contribution in [-0.4, -0.2) is 21.3 Å². The van der Waals surface area contributed by atoms with Crippen LogP contribution in [0.4, 0.5) is 4.39 Å². The molecule has 7 heteroatoms. The minimum absolute atomic E-state index is 0.0816. The Kier molecular flexibility index (Phi) is 2.41. The second kappa shape index (κ2) is 3.98. The van der Waals surface area contributed by atoms with Gasteiger partial charge in [0.25, 0.3) is 5.56 Å². The van der Waals surface area contributed by atoms with Gasteiger partial charge in [-0.15, -0.1) is 0 Å². The zero-order valence-electron chi connectivity index (χ0n) is 9.59. The molecule has 1 atom stereocenters. The first kappa shape index (κ1) is 11.5. The minimum Gasteiger partial charge on any atom is -0.492 e. The van der Waals surface area contributed by atoms with Crippen molar-refractivity contribution in [2.75, 3.05) is 6.61 Å². The number of aromatic amines is 1. The summed E-state index contributed by atoms with van der Waals surface area (Å²) in [5.41, 5.74) is -1.48. The lowest BCUT2D eigenvalue weighted by Crippen LogP contribution is -2.35. The van der Waals surface area contributed by atoms with Gasteiger partial charge in [-0.2, -0.15) is 4.39 Å². The van der Waals surface area contributed by atoms with Crippen LogP contribution in [0.15, 0.2) is 33.9 Å². The Morgan fingerprint density at radius 2 is 2.11 bits per heavy atom. The predicted molar refractivity (Wildman–Crippen MR) is 63.0 cm³/mol. The molecule has 0 saturated carbocycles. The fourth-order valence-electron chi connectivity index (χ4n) is 2.16. The molecular formula is C12H9FN2O4. The molecule has 0 aliphatic carbocycles. The molecule has 0 bridgehead atoms. The average molecular weight is 264 g/mol. The van der Waals surface area contributed by atoms with E-state index in [2.05, 4.69) is 0 Å². The smallest absolute Gasteiger partial charge is 0.331 e. The van der Waals surface area contributed by atoms with Gasteiger partial charge in [-0.3, -0.25) is 14.3 Å². The van der Waals surface area contributed by atoms with Crippen LogP contribution in [0, 0.1) is 5.82 Å². The van der Waals surface area contributed by atoms with Crippen molar-refractivity contribution in [3.05, 3.63) is 56.5 Å². The topological polar surface area (TPSA) is 84.3 Å². The van der Waals surface area contributed by atoms with Crippen LogP contribution in [-0.2, 0) is 0 Å². The molecule has 1 unspecified atom stereocenters. The van der Waals surface area contributed by atoms with E-state index < -0.39 is 29.0 Å². The van der Waals surface area contributed by atoms with Gasteiger partial charge in [-0.1, -0.05) is 18.2 Å². The monoisotopic (exact) mass is 264 g/mol. The van der Waals surface area contributed by atoms with E-state index >= 15 is 0 Å². The van der Waals surface area contributed by atoms with Crippen molar-refractivity contribution in [3.63, 3.8) is 0 Å². The first-order chi connectivity index (χ1) is 9.09. The second-order valence-electron chi connectivity index (χ2n) is 4.13. The van der Waals surface area contributed by atoms with Gasteiger partial charge < -0.3 is 9.84 Å². The highest BCUT2D eigenvalue weighted by Crippen LogP contribution is 2.35. The van der Waals surface area contributed by atoms with Crippen molar-refractivity contribution < 1.29 is 14.2 Å². The van der Waals surface area contributed by atoms with Crippen molar-refractivity contribution >= 4 is 0 Å². The van der Waals surface area contributed by atoms with E-state index in [1.807, 2.05) is 4.98 Å². The van der Waals surface area contributed by atoms with E-state index in [9.17, 15) is 19.1 Å². The van der Waals surface area contributed by atoms with Crippen LogP contribution in [0.5, 0.6) is 11.6 Å². The molecule has 6 nitrogen and oxygen atoms in total. The van der Waals surface area contributed by atoms with Crippen molar-refractivity contribution in [2.24, 2.45) is 0 Å². The fourth-order valence-corrected chi connectivity index (χ4v) is 2.16. The Bertz CT molecular complexity index is 765. The van der Waals surface area contributed by atoms with Gasteiger partial charge >= 0.3 is 5.69 Å². The number of halogens is 1. The highest BCUT2D eigenvalue weighted by atomic mass is 19.1. The summed E-state index contributed by atoms with van der Waals surface area (Å²) >= 11 is 0. The molecule has 0 fully saturated rings. The number of rotatable bonds is 1. The fraction of sp³-hybridized carbons (Fsp3) is 0.167. The molecule has 98 valence electrons. The average Bonchev–Trinajstić information content (AvgIpc) is 2.81. The van der Waals surface area contributed by atoms with E-state index in [4.69, 9.17) is 4.74 Å². The van der Waals surface area contributed by atoms with Gasteiger partial charge in [0.2, 0.25) is 11.7 Å². The third kappa shape index (κ3) is 1.62. The molecule has 1 aliphatic heterocycles. The number of fused-ring (bicyclic) bond motifs is 1. The highest BCUT2D eigenvalue weighted by molar-refractivity contribution is 5.40. The summed E-state index contributed by atoms with van der Waals surface area (Å²) in [6, 6.07) is 6.25. The Hall–Kier alpha value is -2.57. The van der Waals surface area contributed by atoms with Crippen LogP contribution in [0.2, 0.25) is 0 Å². The van der Waals surface area contributed by atoms with Crippen LogP contribution >= 0.6 is 0 Å². The maximum atomic E-state index is 13.4. The number of nitrogens with zero attached hydrogens (tertiary/aromatic N) is 1. The van der Waals surface area contributed by atoms with Gasteiger partial charge in [0.05, 0.1) is 0 Å². The molecule has 0 radical (unpaired) electrons. The standard InChI is InChI=1S/C12H9FN2O4/c13-9-10(16)14-12(18)15(11(9)17)7-5-19-8-4-2-1-3-6(7)8/h1-4,7,17H,5H2,(H,14,16,18). The zero-order valence-corrected chi connectivity index (χ0v) is 9.59. The summed E-state index contributed by atoms with van der Waals surface area (Å²) in [5.74, 6) is -1.81. The maximum Gasteiger partial charge on any atom is 0.331 e. The Morgan fingerprint density at radius 1 is 1.37 bits per heavy atom. The SMILES string of the molecule is O=c1[nH]c(=O)n(C2COc3ccccc32)c(O)c1F. The third-order valence-electron chi connectivity index (χ3n) is 3.05. The summed E-state index contributed by atoms with van der Waals surface area (Å²) in [6.45, 7) is 0.0816. The predicted octanol–water partition coefficient (Wildman–Crippen LogP) is 0.363. The molecule has 0 amide bonds. The quantitative estimate of drug-likeness (QED) is 0.779. The third-order valence-corrected chi connectivity index (χ3v) is 3.05. The molecular weight excluding hydrogens is 255 g/mol. The number of hydrogen-bond donors (Lipinski definition) is 2. The first-order valence-electron chi connectivity index (χ1n) is 5.54. The maximum absolute atomic E-state index is 13.4. The summed E-state index contributed by atoms with van der Waals surface area (Å²) in [5, 5.41) is 9.66. The van der Waals surface area contributed by atoms with Crippen LogP contribution in [0.1, 0.15) is 11.6 Å². The van der Waals surface area contributed by atoms with Crippen LogP contribution < -0.4 is 16.0 Å². The molecule has 0 spiro atoms. The number of benzene rings is 1. The van der Waals surface area contributed by atoms with Crippen molar-refractivity contribution in [1.82, 2.24) is 9.55 Å². The van der Waals surface area contributed by atoms with E-state index in [-0.39, 0.29) is 6.61 Å². The van der Waals surface area contributed by atoms with E-state index in [1.165, 1.54) is 0 Å².